The Balaban J connectivity index is 1.58. The van der Waals surface area contributed by atoms with Crippen LogP contribution in [-0.2, 0) is 10.0 Å². The van der Waals surface area contributed by atoms with Gasteiger partial charge in [0.15, 0.2) is 11.9 Å². The molecule has 27 heavy (non-hydrogen) atoms. The van der Waals surface area contributed by atoms with E-state index < -0.39 is 10.0 Å². The molecule has 0 amide bonds. The number of benzene rings is 2. The number of aromatic nitrogens is 1. The zero-order chi connectivity index (χ0) is 19.0. The number of nitrogens with one attached hydrogen (secondary N) is 1. The molecule has 3 N–H and O–H groups in total. The van der Waals surface area contributed by atoms with E-state index in [0.29, 0.717) is 10.7 Å². The Bertz CT molecular complexity index is 1190. The van der Waals surface area contributed by atoms with E-state index in [1.165, 1.54) is 12.1 Å². The van der Waals surface area contributed by atoms with Crippen LogP contribution in [0.25, 0.3) is 10.9 Å². The number of hydrogen-bond acceptors (Lipinski definition) is 6. The van der Waals surface area contributed by atoms with Gasteiger partial charge in [-0.25, -0.2) is 13.6 Å². The summed E-state index contributed by atoms with van der Waals surface area (Å²) in [7, 11) is -3.73. The molecule has 1 atom stereocenters. The fourth-order valence-corrected chi connectivity index (χ4v) is 3.39. The molecule has 0 saturated heterocycles. The summed E-state index contributed by atoms with van der Waals surface area (Å²) in [6.07, 6.45) is 3.08. The van der Waals surface area contributed by atoms with Crippen molar-refractivity contribution < 1.29 is 13.1 Å². The summed E-state index contributed by atoms with van der Waals surface area (Å²) >= 11 is 6.02. The van der Waals surface area contributed by atoms with E-state index in [4.69, 9.17) is 16.7 Å². The van der Waals surface area contributed by atoms with E-state index in [0.717, 1.165) is 16.6 Å². The molecule has 3 aromatic rings. The van der Waals surface area contributed by atoms with Crippen LogP contribution in [0.2, 0.25) is 5.02 Å². The predicted octanol–water partition coefficient (Wildman–Crippen LogP) is 3.07. The summed E-state index contributed by atoms with van der Waals surface area (Å²) in [4.78, 5) is 4.35. The molecule has 4 rings (SSSR count). The number of nitrogens with zero attached hydrogens (tertiary/aromatic N) is 4. The predicted molar refractivity (Wildman–Crippen MR) is 103 cm³/mol. The van der Waals surface area contributed by atoms with Crippen LogP contribution in [0.4, 0.5) is 11.4 Å². The summed E-state index contributed by atoms with van der Waals surface area (Å²) in [6.45, 7) is 0. The van der Waals surface area contributed by atoms with Gasteiger partial charge in [0.1, 0.15) is 5.22 Å². The quantitative estimate of drug-likeness (QED) is 0.654. The second kappa shape index (κ2) is 6.69. The molecule has 1 aliphatic heterocycles. The third-order valence-electron chi connectivity index (χ3n) is 3.99. The highest BCUT2D eigenvalue weighted by molar-refractivity contribution is 7.89. The maximum absolute atomic E-state index is 11.3. The highest BCUT2D eigenvalue weighted by atomic mass is 35.5. The largest absolute Gasteiger partial charge is 0.335 e. The van der Waals surface area contributed by atoms with Crippen molar-refractivity contribution in [2.24, 2.45) is 15.5 Å². The zero-order valence-corrected chi connectivity index (χ0v) is 15.4. The first kappa shape index (κ1) is 17.5. The van der Waals surface area contributed by atoms with Crippen LogP contribution in [0.5, 0.6) is 0 Å². The summed E-state index contributed by atoms with van der Waals surface area (Å²) in [5.41, 5.74) is 2.29. The molecule has 0 spiro atoms. The number of fused-ring (bicyclic) bond motifs is 1. The van der Waals surface area contributed by atoms with Gasteiger partial charge < -0.3 is 5.32 Å². The van der Waals surface area contributed by atoms with Gasteiger partial charge in [-0.05, 0) is 48.5 Å². The van der Waals surface area contributed by atoms with Gasteiger partial charge >= 0.3 is 0 Å². The number of nitrogens with two attached hydrogens (primary N) is 1. The number of halogens is 1. The minimum atomic E-state index is -3.73. The Kier molecular flexibility index (Phi) is 4.34. The Hall–Kier alpha value is -2.88. The Morgan fingerprint density at radius 3 is 2.63 bits per heavy atom. The van der Waals surface area contributed by atoms with Crippen molar-refractivity contribution in [2.45, 2.75) is 11.1 Å². The molecule has 1 unspecified atom stereocenters. The van der Waals surface area contributed by atoms with Gasteiger partial charge in [0.05, 0.1) is 15.5 Å². The molecule has 1 aliphatic rings. The minimum absolute atomic E-state index is 0.0407. The fourth-order valence-electron chi connectivity index (χ4n) is 2.70. The molecule has 8 nitrogen and oxygen atoms in total. The average molecular weight is 402 g/mol. The highest BCUT2D eigenvalue weighted by Crippen LogP contribution is 2.26. The maximum atomic E-state index is 11.3. The molecule has 10 heteroatoms. The van der Waals surface area contributed by atoms with Crippen LogP contribution < -0.4 is 10.5 Å². The molecule has 0 radical (unpaired) electrons. The lowest BCUT2D eigenvalue weighted by Gasteiger charge is -2.07. The number of rotatable bonds is 4. The van der Waals surface area contributed by atoms with E-state index in [1.54, 1.807) is 41.4 Å². The molecule has 0 bridgehead atoms. The fraction of sp³-hybridized carbons (Fsp3) is 0.0588. The average Bonchev–Trinajstić information content (AvgIpc) is 3.09. The smallest absolute Gasteiger partial charge is 0.294 e. The lowest BCUT2D eigenvalue weighted by Crippen LogP contribution is -2.18. The van der Waals surface area contributed by atoms with Crippen molar-refractivity contribution in [3.63, 3.8) is 0 Å². The van der Waals surface area contributed by atoms with Crippen molar-refractivity contribution in [1.29, 1.82) is 0 Å². The van der Waals surface area contributed by atoms with Gasteiger partial charge in [-0.1, -0.05) is 11.6 Å². The summed E-state index contributed by atoms with van der Waals surface area (Å²) in [5.74, 6) is 0. The van der Waals surface area contributed by atoms with Crippen molar-refractivity contribution in [3.8, 4) is 0 Å². The van der Waals surface area contributed by atoms with Crippen LogP contribution >= 0.6 is 11.6 Å². The third-order valence-corrected chi connectivity index (χ3v) is 5.16. The van der Waals surface area contributed by atoms with E-state index in [2.05, 4.69) is 20.6 Å². The second-order valence-electron chi connectivity index (χ2n) is 5.85. The number of hydrogen-bond donors (Lipinski definition) is 2. The molecule has 1 aromatic heterocycles. The van der Waals surface area contributed by atoms with Crippen LogP contribution in [-0.4, -0.2) is 30.5 Å². The van der Waals surface area contributed by atoms with E-state index >= 15 is 0 Å². The topological polar surface area (TPSA) is 113 Å². The lowest BCUT2D eigenvalue weighted by molar-refractivity contribution is -0.444. The molecule has 2 heterocycles. The third kappa shape index (κ3) is 3.65. The summed E-state index contributed by atoms with van der Waals surface area (Å²) < 4.78 is 24.2. The SMILES string of the molecule is NS(=O)(=O)c1ccc([N+]2=CC(Nc3ccnc4cc(Cl)ccc34)N=N2)cc1. The molecular formula is C17H14ClN6O2S+. The van der Waals surface area contributed by atoms with Crippen LogP contribution in [0.3, 0.4) is 0 Å². The zero-order valence-electron chi connectivity index (χ0n) is 13.8. The first-order chi connectivity index (χ1) is 12.9. The van der Waals surface area contributed by atoms with Crippen LogP contribution in [0.15, 0.2) is 70.0 Å². The Morgan fingerprint density at radius 1 is 1.11 bits per heavy atom. The van der Waals surface area contributed by atoms with Crippen molar-refractivity contribution in [1.82, 2.24) is 4.98 Å². The first-order valence-electron chi connectivity index (χ1n) is 7.89. The Labute approximate surface area is 160 Å². The first-order valence-corrected chi connectivity index (χ1v) is 9.81. The van der Waals surface area contributed by atoms with E-state index in [9.17, 15) is 8.42 Å². The molecule has 0 aliphatic carbocycles. The number of pyridine rings is 1. The van der Waals surface area contributed by atoms with Gasteiger partial charge in [0, 0.05) is 22.3 Å². The molecular weight excluding hydrogens is 388 g/mol. The van der Waals surface area contributed by atoms with Gasteiger partial charge in [-0.2, -0.15) is 0 Å². The number of primary sulfonamides is 1. The van der Waals surface area contributed by atoms with E-state index in [1.807, 2.05) is 12.1 Å². The molecule has 2 aromatic carbocycles. The van der Waals surface area contributed by atoms with Crippen molar-refractivity contribution in [3.05, 3.63) is 59.8 Å². The molecule has 0 fully saturated rings. The monoisotopic (exact) mass is 401 g/mol. The van der Waals surface area contributed by atoms with Gasteiger partial charge in [-0.3, -0.25) is 4.98 Å². The van der Waals surface area contributed by atoms with Gasteiger partial charge in [0.2, 0.25) is 10.0 Å². The summed E-state index contributed by atoms with van der Waals surface area (Å²) in [5, 5.41) is 18.2. The lowest BCUT2D eigenvalue weighted by atomic mass is 10.2. The Morgan fingerprint density at radius 2 is 1.89 bits per heavy atom. The van der Waals surface area contributed by atoms with Crippen LogP contribution in [0, 0.1) is 0 Å². The van der Waals surface area contributed by atoms with Crippen LogP contribution in [0.1, 0.15) is 0 Å². The number of sulfonamides is 1. The minimum Gasteiger partial charge on any atom is -0.335 e. The normalized spacial score (nSPS) is 16.5. The van der Waals surface area contributed by atoms with Crippen molar-refractivity contribution >= 4 is 50.1 Å². The highest BCUT2D eigenvalue weighted by Gasteiger charge is 2.24. The number of anilines is 1. The van der Waals surface area contributed by atoms with Gasteiger partial charge in [-0.15, -0.1) is 4.68 Å². The second-order valence-corrected chi connectivity index (χ2v) is 7.84. The van der Waals surface area contributed by atoms with Gasteiger partial charge in [0.25, 0.3) is 6.17 Å². The molecule has 136 valence electrons. The van der Waals surface area contributed by atoms with Crippen molar-refractivity contribution in [2.75, 3.05) is 5.32 Å². The maximum Gasteiger partial charge on any atom is 0.294 e. The molecule has 0 saturated carbocycles. The van der Waals surface area contributed by atoms with E-state index in [-0.39, 0.29) is 11.1 Å². The summed E-state index contributed by atoms with van der Waals surface area (Å²) in [6, 6.07) is 13.4. The standard InChI is InChI=1S/C17H14ClN6O2S/c18-11-1-6-14-15(7-8-20-16(14)9-11)21-17-10-24(23-22-17)12-2-4-13(5-3-12)27(19,25)26/h1-10,17H,(H,20,21)(H2,19,25,26)/q+1.